The summed E-state index contributed by atoms with van der Waals surface area (Å²) in [5, 5.41) is 0. The van der Waals surface area contributed by atoms with Gasteiger partial charge >= 0.3 is 5.69 Å². The molecule has 0 spiro atoms. The van der Waals surface area contributed by atoms with Crippen molar-refractivity contribution in [2.75, 3.05) is 20.8 Å². The lowest BCUT2D eigenvalue weighted by atomic mass is 10.0. The lowest BCUT2D eigenvalue weighted by Crippen LogP contribution is -2.23. The number of likely N-dealkylation sites (tertiary alicyclic amines) is 1. The van der Waals surface area contributed by atoms with E-state index in [2.05, 4.69) is 23.1 Å². The van der Waals surface area contributed by atoms with E-state index in [-0.39, 0.29) is 5.69 Å². The van der Waals surface area contributed by atoms with E-state index >= 15 is 0 Å². The first-order valence-corrected chi connectivity index (χ1v) is 9.63. The summed E-state index contributed by atoms with van der Waals surface area (Å²) in [5.41, 5.74) is 4.32. The van der Waals surface area contributed by atoms with E-state index in [0.29, 0.717) is 6.04 Å². The van der Waals surface area contributed by atoms with Crippen LogP contribution < -0.4 is 15.2 Å². The van der Waals surface area contributed by atoms with Crippen molar-refractivity contribution in [1.29, 1.82) is 0 Å². The maximum atomic E-state index is 12.2. The molecule has 6 nitrogen and oxygen atoms in total. The Kier molecular flexibility index (Phi) is 4.89. The predicted molar refractivity (Wildman–Crippen MR) is 110 cm³/mol. The number of fused-ring (bicyclic) bond motifs is 1. The predicted octanol–water partition coefficient (Wildman–Crippen LogP) is 3.23. The van der Waals surface area contributed by atoms with Gasteiger partial charge in [0.2, 0.25) is 0 Å². The Morgan fingerprint density at radius 1 is 1.00 bits per heavy atom. The molecule has 1 aromatic heterocycles. The number of ether oxygens (including phenoxy) is 2. The first-order chi connectivity index (χ1) is 13.5. The van der Waals surface area contributed by atoms with Gasteiger partial charge in [0.25, 0.3) is 0 Å². The lowest BCUT2D eigenvalue weighted by molar-refractivity contribution is 0.242. The number of methoxy groups -OCH3 is 2. The molecular formula is C22H27N3O3. The van der Waals surface area contributed by atoms with Crippen LogP contribution in [0.5, 0.6) is 11.5 Å². The first-order valence-electron chi connectivity index (χ1n) is 9.63. The molecule has 148 valence electrons. The van der Waals surface area contributed by atoms with Crippen LogP contribution in [-0.4, -0.2) is 34.8 Å². The van der Waals surface area contributed by atoms with E-state index in [1.54, 1.807) is 23.4 Å². The third kappa shape index (κ3) is 3.07. The molecule has 0 saturated carbocycles. The highest BCUT2D eigenvalue weighted by Crippen LogP contribution is 2.39. The topological polar surface area (TPSA) is 48.6 Å². The quantitative estimate of drug-likeness (QED) is 0.681. The highest BCUT2D eigenvalue weighted by molar-refractivity contribution is 5.76. The number of hydrogen-bond acceptors (Lipinski definition) is 4. The fraction of sp³-hybridized carbons (Fsp3) is 0.409. The van der Waals surface area contributed by atoms with Gasteiger partial charge in [-0.25, -0.2) is 4.79 Å². The third-order valence-corrected chi connectivity index (χ3v) is 5.88. The molecule has 0 amide bonds. The molecule has 1 unspecified atom stereocenters. The van der Waals surface area contributed by atoms with Gasteiger partial charge in [-0.1, -0.05) is 6.07 Å². The Hall–Kier alpha value is -2.73. The van der Waals surface area contributed by atoms with Crippen molar-refractivity contribution in [3.8, 4) is 11.5 Å². The van der Waals surface area contributed by atoms with Crippen molar-refractivity contribution in [3.63, 3.8) is 0 Å². The van der Waals surface area contributed by atoms with Gasteiger partial charge in [0.15, 0.2) is 0 Å². The molecule has 1 aliphatic rings. The van der Waals surface area contributed by atoms with Crippen molar-refractivity contribution < 1.29 is 9.47 Å². The maximum absolute atomic E-state index is 12.2. The number of benzene rings is 2. The van der Waals surface area contributed by atoms with Gasteiger partial charge in [-0.05, 0) is 55.3 Å². The Bertz CT molecular complexity index is 1070. The molecule has 0 bridgehead atoms. The first kappa shape index (κ1) is 18.6. The highest BCUT2D eigenvalue weighted by Gasteiger charge is 2.29. The van der Waals surface area contributed by atoms with Crippen molar-refractivity contribution in [3.05, 3.63) is 58.0 Å². The minimum absolute atomic E-state index is 0.00677. The summed E-state index contributed by atoms with van der Waals surface area (Å²) in [6.07, 6.45) is 2.24. The second-order valence-corrected chi connectivity index (χ2v) is 7.46. The van der Waals surface area contributed by atoms with Gasteiger partial charge in [-0.15, -0.1) is 0 Å². The summed E-state index contributed by atoms with van der Waals surface area (Å²) in [5.74, 6) is 1.75. The van der Waals surface area contributed by atoms with Crippen LogP contribution in [0.3, 0.4) is 0 Å². The summed E-state index contributed by atoms with van der Waals surface area (Å²) >= 11 is 0. The molecule has 0 N–H and O–H groups in total. The van der Waals surface area contributed by atoms with Crippen LogP contribution in [0.1, 0.15) is 30.0 Å². The van der Waals surface area contributed by atoms with Crippen molar-refractivity contribution in [1.82, 2.24) is 14.0 Å². The molecule has 2 heterocycles. The van der Waals surface area contributed by atoms with Gasteiger partial charge in [0.1, 0.15) is 11.5 Å². The number of imidazole rings is 1. The van der Waals surface area contributed by atoms with E-state index in [9.17, 15) is 4.79 Å². The van der Waals surface area contributed by atoms with Crippen molar-refractivity contribution >= 4 is 11.0 Å². The van der Waals surface area contributed by atoms with E-state index in [1.807, 2.05) is 32.3 Å². The Morgan fingerprint density at radius 2 is 1.79 bits per heavy atom. The van der Waals surface area contributed by atoms with Crippen LogP contribution in [-0.2, 0) is 20.6 Å². The van der Waals surface area contributed by atoms with Gasteiger partial charge < -0.3 is 9.47 Å². The van der Waals surface area contributed by atoms with Crippen molar-refractivity contribution in [2.45, 2.75) is 25.4 Å². The molecule has 28 heavy (non-hydrogen) atoms. The van der Waals surface area contributed by atoms with Crippen LogP contribution in [0, 0.1) is 0 Å². The number of aromatic nitrogens is 2. The number of rotatable bonds is 5. The van der Waals surface area contributed by atoms with Gasteiger partial charge in [0, 0.05) is 32.2 Å². The molecule has 0 aliphatic carbocycles. The molecule has 2 aromatic carbocycles. The number of nitrogens with zero attached hydrogens (tertiary/aromatic N) is 3. The number of hydrogen-bond donors (Lipinski definition) is 0. The largest absolute Gasteiger partial charge is 0.497 e. The minimum atomic E-state index is 0.00677. The van der Waals surface area contributed by atoms with Crippen LogP contribution >= 0.6 is 0 Å². The number of aryl methyl sites for hydroxylation is 2. The van der Waals surface area contributed by atoms with Crippen molar-refractivity contribution in [2.24, 2.45) is 14.1 Å². The molecule has 1 aliphatic heterocycles. The SMILES string of the molecule is COc1ccc(OC)c(C2CCCN2Cc2ccc3c(c2)n(C)c(=O)n3C)c1. The Labute approximate surface area is 164 Å². The normalized spacial score (nSPS) is 17.4. The second kappa shape index (κ2) is 7.36. The maximum Gasteiger partial charge on any atom is 0.328 e. The Morgan fingerprint density at radius 3 is 2.54 bits per heavy atom. The molecule has 1 fully saturated rings. The van der Waals surface area contributed by atoms with Crippen LogP contribution in [0.2, 0.25) is 0 Å². The zero-order chi connectivity index (χ0) is 19.8. The van der Waals surface area contributed by atoms with Crippen LogP contribution in [0.15, 0.2) is 41.2 Å². The molecule has 4 rings (SSSR count). The lowest BCUT2D eigenvalue weighted by Gasteiger charge is -2.26. The molecule has 0 radical (unpaired) electrons. The second-order valence-electron chi connectivity index (χ2n) is 7.46. The summed E-state index contributed by atoms with van der Waals surface area (Å²) < 4.78 is 14.5. The monoisotopic (exact) mass is 381 g/mol. The standard InChI is InChI=1S/C22H27N3O3/c1-23-19-9-7-15(12-20(19)24(2)22(23)26)14-25-11-5-6-18(25)17-13-16(27-3)8-10-21(17)28-4/h7-10,12-13,18H,5-6,11,14H2,1-4H3. The molecule has 3 aromatic rings. The van der Waals surface area contributed by atoms with Crippen LogP contribution in [0.4, 0.5) is 0 Å². The average Bonchev–Trinajstić information content (AvgIpc) is 3.26. The fourth-order valence-electron chi connectivity index (χ4n) is 4.35. The fourth-order valence-corrected chi connectivity index (χ4v) is 4.35. The molecule has 6 heteroatoms. The summed E-state index contributed by atoms with van der Waals surface area (Å²) in [6, 6.07) is 12.6. The molecular weight excluding hydrogens is 354 g/mol. The zero-order valence-corrected chi connectivity index (χ0v) is 16.9. The third-order valence-electron chi connectivity index (χ3n) is 5.88. The Balaban J connectivity index is 1.66. The summed E-state index contributed by atoms with van der Waals surface area (Å²) in [6.45, 7) is 1.88. The van der Waals surface area contributed by atoms with E-state index in [4.69, 9.17) is 9.47 Å². The van der Waals surface area contributed by atoms with Gasteiger partial charge in [0.05, 0.1) is 25.3 Å². The highest BCUT2D eigenvalue weighted by atomic mass is 16.5. The molecule has 1 saturated heterocycles. The van der Waals surface area contributed by atoms with Crippen LogP contribution in [0.25, 0.3) is 11.0 Å². The summed E-state index contributed by atoms with van der Waals surface area (Å²) in [4.78, 5) is 14.7. The van der Waals surface area contributed by atoms with Gasteiger partial charge in [-0.2, -0.15) is 0 Å². The van der Waals surface area contributed by atoms with E-state index in [1.165, 1.54) is 11.1 Å². The molecule has 1 atom stereocenters. The van der Waals surface area contributed by atoms with E-state index < -0.39 is 0 Å². The minimum Gasteiger partial charge on any atom is -0.497 e. The van der Waals surface area contributed by atoms with Gasteiger partial charge in [-0.3, -0.25) is 14.0 Å². The summed E-state index contributed by atoms with van der Waals surface area (Å²) in [7, 11) is 7.05. The van der Waals surface area contributed by atoms with E-state index in [0.717, 1.165) is 48.5 Å². The average molecular weight is 381 g/mol. The smallest absolute Gasteiger partial charge is 0.328 e. The zero-order valence-electron chi connectivity index (χ0n) is 16.9.